The highest BCUT2D eigenvalue weighted by Gasteiger charge is 2.17. The van der Waals surface area contributed by atoms with E-state index >= 15 is 0 Å². The summed E-state index contributed by atoms with van der Waals surface area (Å²) in [6.45, 7) is 4.50. The molecule has 5 heteroatoms. The Bertz CT molecular complexity index is 412. The lowest BCUT2D eigenvalue weighted by Crippen LogP contribution is -2.38. The lowest BCUT2D eigenvalue weighted by atomic mass is 10.2. The molecule has 1 aromatic rings. The average molecular weight is 252 g/mol. The van der Waals surface area contributed by atoms with Crippen molar-refractivity contribution < 1.29 is 14.0 Å². The van der Waals surface area contributed by atoms with Gasteiger partial charge in [-0.3, -0.25) is 9.59 Å². The van der Waals surface area contributed by atoms with Crippen molar-refractivity contribution in [2.24, 2.45) is 0 Å². The number of likely N-dealkylation sites (N-methyl/N-ethyl adjacent to an activating group) is 1. The third-order valence-corrected chi connectivity index (χ3v) is 2.67. The van der Waals surface area contributed by atoms with Crippen LogP contribution >= 0.6 is 0 Å². The summed E-state index contributed by atoms with van der Waals surface area (Å²) in [5, 5.41) is 2.77. The molecular weight excluding hydrogens is 232 g/mol. The molecular formula is C13H20N2O3. The van der Waals surface area contributed by atoms with E-state index in [1.165, 1.54) is 11.2 Å². The van der Waals surface area contributed by atoms with Crippen molar-refractivity contribution in [2.75, 3.05) is 20.1 Å². The quantitative estimate of drug-likeness (QED) is 0.782. The Morgan fingerprint density at radius 2 is 2.17 bits per heavy atom. The summed E-state index contributed by atoms with van der Waals surface area (Å²) in [6, 6.07) is 1.61. The van der Waals surface area contributed by atoms with Crippen LogP contribution in [0.3, 0.4) is 0 Å². The number of furan rings is 1. The molecule has 1 rings (SSSR count). The highest BCUT2D eigenvalue weighted by molar-refractivity contribution is 5.97. The molecule has 1 heterocycles. The van der Waals surface area contributed by atoms with Crippen LogP contribution in [-0.4, -0.2) is 36.9 Å². The first kappa shape index (κ1) is 14.3. The minimum absolute atomic E-state index is 0.0627. The standard InChI is InChI=1S/C13H20N2O3/c1-4-5-7-14-12(16)9-15(3)13(17)11-6-8-18-10(11)2/h6,8H,4-5,7,9H2,1-3H3,(H,14,16). The molecule has 0 aliphatic rings. The summed E-state index contributed by atoms with van der Waals surface area (Å²) in [6.07, 6.45) is 3.45. The Morgan fingerprint density at radius 3 is 2.72 bits per heavy atom. The molecule has 0 radical (unpaired) electrons. The number of rotatable bonds is 6. The molecule has 100 valence electrons. The van der Waals surface area contributed by atoms with E-state index in [1.807, 2.05) is 0 Å². The predicted octanol–water partition coefficient (Wildman–Crippen LogP) is 1.58. The number of nitrogens with zero attached hydrogens (tertiary/aromatic N) is 1. The van der Waals surface area contributed by atoms with Crippen LogP contribution in [-0.2, 0) is 4.79 Å². The van der Waals surface area contributed by atoms with Gasteiger partial charge in [0.15, 0.2) is 0 Å². The molecule has 18 heavy (non-hydrogen) atoms. The fraction of sp³-hybridized carbons (Fsp3) is 0.538. The minimum atomic E-state index is -0.202. The Hall–Kier alpha value is -1.78. The van der Waals surface area contributed by atoms with Gasteiger partial charge in [0.25, 0.3) is 5.91 Å². The van der Waals surface area contributed by atoms with Crippen LogP contribution in [0.15, 0.2) is 16.7 Å². The zero-order valence-corrected chi connectivity index (χ0v) is 11.2. The van der Waals surface area contributed by atoms with Gasteiger partial charge >= 0.3 is 0 Å². The second kappa shape index (κ2) is 6.83. The maximum atomic E-state index is 12.0. The number of carbonyl (C=O) groups is 2. The molecule has 0 aromatic carbocycles. The number of aryl methyl sites for hydroxylation is 1. The zero-order chi connectivity index (χ0) is 13.5. The Morgan fingerprint density at radius 1 is 1.44 bits per heavy atom. The van der Waals surface area contributed by atoms with Crippen LogP contribution in [0.1, 0.15) is 35.9 Å². The molecule has 0 fully saturated rings. The first-order chi connectivity index (χ1) is 8.56. The van der Waals surface area contributed by atoms with Gasteiger partial charge in [0.2, 0.25) is 5.91 Å². The second-order valence-corrected chi connectivity index (χ2v) is 4.26. The van der Waals surface area contributed by atoms with Gasteiger partial charge in [-0.05, 0) is 19.4 Å². The van der Waals surface area contributed by atoms with Crippen LogP contribution in [0.4, 0.5) is 0 Å². The van der Waals surface area contributed by atoms with Crippen LogP contribution in [0.2, 0.25) is 0 Å². The molecule has 1 aromatic heterocycles. The summed E-state index contributed by atoms with van der Waals surface area (Å²) in [4.78, 5) is 24.9. The van der Waals surface area contributed by atoms with E-state index in [2.05, 4.69) is 12.2 Å². The summed E-state index contributed by atoms with van der Waals surface area (Å²) < 4.78 is 5.07. The van der Waals surface area contributed by atoms with E-state index in [0.717, 1.165) is 12.8 Å². The van der Waals surface area contributed by atoms with Crippen molar-refractivity contribution in [1.82, 2.24) is 10.2 Å². The number of nitrogens with one attached hydrogen (secondary N) is 1. The topological polar surface area (TPSA) is 62.6 Å². The van der Waals surface area contributed by atoms with Crippen molar-refractivity contribution >= 4 is 11.8 Å². The summed E-state index contributed by atoms with van der Waals surface area (Å²) in [5.41, 5.74) is 0.499. The van der Waals surface area contributed by atoms with E-state index in [-0.39, 0.29) is 18.4 Å². The van der Waals surface area contributed by atoms with Crippen LogP contribution in [0.5, 0.6) is 0 Å². The fourth-order valence-corrected chi connectivity index (χ4v) is 1.56. The van der Waals surface area contributed by atoms with Gasteiger partial charge in [0.1, 0.15) is 5.76 Å². The lowest BCUT2D eigenvalue weighted by molar-refractivity contribution is -0.121. The van der Waals surface area contributed by atoms with E-state index in [4.69, 9.17) is 4.42 Å². The van der Waals surface area contributed by atoms with E-state index in [0.29, 0.717) is 17.9 Å². The maximum Gasteiger partial charge on any atom is 0.257 e. The minimum Gasteiger partial charge on any atom is -0.469 e. The molecule has 0 bridgehead atoms. The molecule has 0 atom stereocenters. The smallest absolute Gasteiger partial charge is 0.257 e. The molecule has 5 nitrogen and oxygen atoms in total. The number of carbonyl (C=O) groups excluding carboxylic acids is 2. The number of hydrogen-bond acceptors (Lipinski definition) is 3. The van der Waals surface area contributed by atoms with Crippen molar-refractivity contribution in [2.45, 2.75) is 26.7 Å². The predicted molar refractivity (Wildman–Crippen MR) is 68.3 cm³/mol. The SMILES string of the molecule is CCCCNC(=O)CN(C)C(=O)c1ccoc1C. The molecule has 0 saturated heterocycles. The number of hydrogen-bond donors (Lipinski definition) is 1. The van der Waals surface area contributed by atoms with Crippen LogP contribution in [0.25, 0.3) is 0 Å². The van der Waals surface area contributed by atoms with Crippen molar-refractivity contribution in [3.05, 3.63) is 23.7 Å². The molecule has 0 spiro atoms. The molecule has 0 aliphatic carbocycles. The second-order valence-electron chi connectivity index (χ2n) is 4.26. The van der Waals surface area contributed by atoms with E-state index in [9.17, 15) is 9.59 Å². The molecule has 0 aliphatic heterocycles. The normalized spacial score (nSPS) is 10.2. The number of unbranched alkanes of at least 4 members (excludes halogenated alkanes) is 1. The largest absolute Gasteiger partial charge is 0.469 e. The summed E-state index contributed by atoms with van der Waals surface area (Å²) >= 11 is 0. The molecule has 1 N–H and O–H groups in total. The number of amides is 2. The average Bonchev–Trinajstić information content (AvgIpc) is 2.74. The van der Waals surface area contributed by atoms with Gasteiger partial charge in [0.05, 0.1) is 18.4 Å². The summed E-state index contributed by atoms with van der Waals surface area (Å²) in [7, 11) is 1.61. The van der Waals surface area contributed by atoms with Crippen LogP contribution < -0.4 is 5.32 Å². The van der Waals surface area contributed by atoms with Crippen LogP contribution in [0, 0.1) is 6.92 Å². The fourth-order valence-electron chi connectivity index (χ4n) is 1.56. The van der Waals surface area contributed by atoms with Gasteiger partial charge in [-0.2, -0.15) is 0 Å². The first-order valence-electron chi connectivity index (χ1n) is 6.12. The monoisotopic (exact) mass is 252 g/mol. The van der Waals surface area contributed by atoms with E-state index in [1.54, 1.807) is 20.0 Å². The van der Waals surface area contributed by atoms with Gasteiger partial charge in [-0.1, -0.05) is 13.3 Å². The molecule has 0 unspecified atom stereocenters. The third-order valence-electron chi connectivity index (χ3n) is 2.67. The van der Waals surface area contributed by atoms with Gasteiger partial charge in [0, 0.05) is 13.6 Å². The zero-order valence-electron chi connectivity index (χ0n) is 11.2. The van der Waals surface area contributed by atoms with Gasteiger partial charge in [-0.15, -0.1) is 0 Å². The van der Waals surface area contributed by atoms with Crippen molar-refractivity contribution in [3.63, 3.8) is 0 Å². The molecule has 2 amide bonds. The highest BCUT2D eigenvalue weighted by atomic mass is 16.3. The maximum absolute atomic E-state index is 12.0. The highest BCUT2D eigenvalue weighted by Crippen LogP contribution is 2.10. The third kappa shape index (κ3) is 3.91. The summed E-state index contributed by atoms with van der Waals surface area (Å²) in [5.74, 6) is 0.227. The Balaban J connectivity index is 2.45. The molecule has 0 saturated carbocycles. The van der Waals surface area contributed by atoms with Crippen molar-refractivity contribution in [1.29, 1.82) is 0 Å². The Kier molecular flexibility index (Phi) is 5.42. The van der Waals surface area contributed by atoms with Gasteiger partial charge in [-0.25, -0.2) is 0 Å². The first-order valence-corrected chi connectivity index (χ1v) is 6.12. The van der Waals surface area contributed by atoms with Gasteiger partial charge < -0.3 is 14.6 Å². The Labute approximate surface area is 107 Å². The van der Waals surface area contributed by atoms with E-state index < -0.39 is 0 Å². The lowest BCUT2D eigenvalue weighted by Gasteiger charge is -2.16. The van der Waals surface area contributed by atoms with Crippen molar-refractivity contribution in [3.8, 4) is 0 Å².